The third-order valence-corrected chi connectivity index (χ3v) is 3.37. The summed E-state index contributed by atoms with van der Waals surface area (Å²) in [5, 5.41) is 8.06. The minimum absolute atomic E-state index is 0.0135. The van der Waals surface area contributed by atoms with Gasteiger partial charge in [-0.15, -0.1) is 5.10 Å². The molecule has 1 aromatic carbocycles. The zero-order valence-electron chi connectivity index (χ0n) is 12.8. The fraction of sp³-hybridized carbons (Fsp3) is 0.200. The monoisotopic (exact) mass is 369 g/mol. The lowest BCUT2D eigenvalue weighted by Crippen LogP contribution is -2.11. The summed E-state index contributed by atoms with van der Waals surface area (Å²) in [4.78, 5) is 7.72. The smallest absolute Gasteiger partial charge is 0.316 e. The summed E-state index contributed by atoms with van der Waals surface area (Å²) < 4.78 is 47.0. The van der Waals surface area contributed by atoms with Crippen molar-refractivity contribution in [3.8, 4) is 11.7 Å². The number of rotatable bonds is 5. The van der Waals surface area contributed by atoms with E-state index in [9.17, 15) is 13.2 Å². The highest BCUT2D eigenvalue weighted by molar-refractivity contribution is 6.30. The Hall–Kier alpha value is -2.68. The molecule has 0 N–H and O–H groups in total. The molecule has 0 aliphatic carbocycles. The molecule has 0 spiro atoms. The average Bonchev–Trinajstić information content (AvgIpc) is 3.03. The maximum atomic E-state index is 13.6. The van der Waals surface area contributed by atoms with Crippen LogP contribution in [-0.2, 0) is 12.5 Å². The minimum Gasteiger partial charge on any atom is -0.457 e. The Morgan fingerprint density at radius 2 is 1.96 bits per heavy atom. The second-order valence-electron chi connectivity index (χ2n) is 5.18. The highest BCUT2D eigenvalue weighted by atomic mass is 35.5. The summed E-state index contributed by atoms with van der Waals surface area (Å²) in [6.45, 7) is 0.640. The van der Waals surface area contributed by atoms with Gasteiger partial charge in [-0.25, -0.2) is 27.8 Å². The SMILES string of the molecule is CC(F)(F)c1cc(-n2cc(COc3ncc(Cl)cn3)nn2)ccc1F. The van der Waals surface area contributed by atoms with Crippen molar-refractivity contribution in [3.05, 3.63) is 58.9 Å². The van der Waals surface area contributed by atoms with Gasteiger partial charge in [-0.3, -0.25) is 0 Å². The van der Waals surface area contributed by atoms with Crippen LogP contribution in [0.25, 0.3) is 5.69 Å². The van der Waals surface area contributed by atoms with E-state index in [1.807, 2.05) is 0 Å². The molecule has 0 bridgehead atoms. The van der Waals surface area contributed by atoms with Gasteiger partial charge < -0.3 is 4.74 Å². The number of alkyl halides is 2. The number of hydrogen-bond donors (Lipinski definition) is 0. The van der Waals surface area contributed by atoms with Crippen molar-refractivity contribution in [3.63, 3.8) is 0 Å². The molecular weight excluding hydrogens is 359 g/mol. The molecule has 0 atom stereocenters. The number of ether oxygens (including phenoxy) is 1. The van der Waals surface area contributed by atoms with Crippen molar-refractivity contribution >= 4 is 11.6 Å². The normalized spacial score (nSPS) is 11.6. The molecule has 2 aromatic heterocycles. The molecule has 0 aliphatic heterocycles. The standard InChI is InChI=1S/C15H11ClF3N5O/c1-15(18,19)12-4-11(2-3-13(12)17)24-7-10(22-23-24)8-25-14-20-5-9(16)6-21-14/h2-7H,8H2,1H3. The maximum Gasteiger partial charge on any atom is 0.316 e. The number of halogens is 4. The number of hydrogen-bond acceptors (Lipinski definition) is 5. The third-order valence-electron chi connectivity index (χ3n) is 3.17. The van der Waals surface area contributed by atoms with Gasteiger partial charge in [0.1, 0.15) is 18.1 Å². The first-order valence-corrected chi connectivity index (χ1v) is 7.40. The second kappa shape index (κ2) is 6.67. The molecule has 2 heterocycles. The molecule has 0 aliphatic rings. The summed E-state index contributed by atoms with van der Waals surface area (Å²) in [7, 11) is 0. The molecule has 130 valence electrons. The van der Waals surface area contributed by atoms with Gasteiger partial charge >= 0.3 is 6.01 Å². The van der Waals surface area contributed by atoms with E-state index < -0.39 is 17.3 Å². The lowest BCUT2D eigenvalue weighted by molar-refractivity contribution is 0.0137. The Morgan fingerprint density at radius 1 is 1.24 bits per heavy atom. The van der Waals surface area contributed by atoms with E-state index in [1.165, 1.54) is 29.3 Å². The largest absolute Gasteiger partial charge is 0.457 e. The quantitative estimate of drug-likeness (QED) is 0.688. The zero-order valence-corrected chi connectivity index (χ0v) is 13.6. The Labute approximate surface area is 145 Å². The van der Waals surface area contributed by atoms with E-state index in [1.54, 1.807) is 0 Å². The summed E-state index contributed by atoms with van der Waals surface area (Å²) in [5.41, 5.74) is -0.0556. The van der Waals surface area contributed by atoms with Crippen LogP contribution in [0.15, 0.2) is 36.8 Å². The molecule has 0 amide bonds. The summed E-state index contributed by atoms with van der Waals surface area (Å²) >= 11 is 5.67. The molecule has 0 unspecified atom stereocenters. The highest BCUT2D eigenvalue weighted by Gasteiger charge is 2.28. The van der Waals surface area contributed by atoms with Gasteiger partial charge in [-0.2, -0.15) is 0 Å². The first kappa shape index (κ1) is 17.2. The van der Waals surface area contributed by atoms with Crippen LogP contribution in [0.5, 0.6) is 6.01 Å². The van der Waals surface area contributed by atoms with Crippen LogP contribution in [0.4, 0.5) is 13.2 Å². The van der Waals surface area contributed by atoms with E-state index >= 15 is 0 Å². The number of benzene rings is 1. The topological polar surface area (TPSA) is 65.7 Å². The maximum absolute atomic E-state index is 13.6. The van der Waals surface area contributed by atoms with Crippen molar-refractivity contribution in [1.82, 2.24) is 25.0 Å². The zero-order chi connectivity index (χ0) is 18.0. The van der Waals surface area contributed by atoms with Gasteiger partial charge in [0.25, 0.3) is 5.92 Å². The van der Waals surface area contributed by atoms with Crippen LogP contribution in [-0.4, -0.2) is 25.0 Å². The van der Waals surface area contributed by atoms with Gasteiger partial charge in [-0.05, 0) is 18.2 Å². The number of nitrogens with zero attached hydrogens (tertiary/aromatic N) is 5. The fourth-order valence-corrected chi connectivity index (χ4v) is 2.09. The molecule has 0 saturated heterocycles. The average molecular weight is 370 g/mol. The first-order chi connectivity index (χ1) is 11.8. The van der Waals surface area contributed by atoms with E-state index in [4.69, 9.17) is 16.3 Å². The Bertz CT molecular complexity index is 880. The molecule has 25 heavy (non-hydrogen) atoms. The van der Waals surface area contributed by atoms with Gasteiger partial charge in [0.2, 0.25) is 0 Å². The molecule has 3 rings (SSSR count). The first-order valence-electron chi connectivity index (χ1n) is 7.03. The predicted molar refractivity (Wildman–Crippen MR) is 82.3 cm³/mol. The predicted octanol–water partition coefficient (Wildman–Crippen LogP) is 3.54. The van der Waals surface area contributed by atoms with Crippen LogP contribution < -0.4 is 4.74 Å². The Balaban J connectivity index is 1.76. The minimum atomic E-state index is -3.31. The van der Waals surface area contributed by atoms with Crippen LogP contribution in [0.3, 0.4) is 0 Å². The Morgan fingerprint density at radius 3 is 2.64 bits per heavy atom. The van der Waals surface area contributed by atoms with Gasteiger partial charge in [0.15, 0.2) is 0 Å². The molecule has 10 heteroatoms. The summed E-state index contributed by atoms with van der Waals surface area (Å²) in [6.07, 6.45) is 4.23. The molecule has 3 aromatic rings. The van der Waals surface area contributed by atoms with Crippen molar-refractivity contribution in [2.24, 2.45) is 0 Å². The Kier molecular flexibility index (Phi) is 4.58. The number of aromatic nitrogens is 5. The van der Waals surface area contributed by atoms with Gasteiger partial charge in [0.05, 0.1) is 34.9 Å². The van der Waals surface area contributed by atoms with Crippen LogP contribution >= 0.6 is 11.6 Å². The van der Waals surface area contributed by atoms with Crippen LogP contribution in [0.1, 0.15) is 18.2 Å². The van der Waals surface area contributed by atoms with Gasteiger partial charge in [0, 0.05) is 6.92 Å². The lowest BCUT2D eigenvalue weighted by Gasteiger charge is -2.12. The van der Waals surface area contributed by atoms with E-state index in [2.05, 4.69) is 20.3 Å². The summed E-state index contributed by atoms with van der Waals surface area (Å²) in [6, 6.07) is 3.42. The summed E-state index contributed by atoms with van der Waals surface area (Å²) in [5.74, 6) is -4.29. The fourth-order valence-electron chi connectivity index (χ4n) is 2.00. The van der Waals surface area contributed by atoms with Crippen molar-refractivity contribution < 1.29 is 17.9 Å². The van der Waals surface area contributed by atoms with E-state index in [0.29, 0.717) is 17.6 Å². The highest BCUT2D eigenvalue weighted by Crippen LogP contribution is 2.30. The van der Waals surface area contributed by atoms with Crippen molar-refractivity contribution in [2.45, 2.75) is 19.5 Å². The van der Waals surface area contributed by atoms with Gasteiger partial charge in [-0.1, -0.05) is 16.8 Å². The second-order valence-corrected chi connectivity index (χ2v) is 5.62. The molecular formula is C15H11ClF3N5O. The molecule has 0 saturated carbocycles. The third kappa shape index (κ3) is 4.05. The molecule has 0 radical (unpaired) electrons. The van der Waals surface area contributed by atoms with E-state index in [0.717, 1.165) is 12.1 Å². The molecule has 0 fully saturated rings. The van der Waals surface area contributed by atoms with E-state index in [-0.39, 0.29) is 18.3 Å². The van der Waals surface area contributed by atoms with Crippen LogP contribution in [0, 0.1) is 5.82 Å². The van der Waals surface area contributed by atoms with Crippen molar-refractivity contribution in [1.29, 1.82) is 0 Å². The van der Waals surface area contributed by atoms with Crippen LogP contribution in [0.2, 0.25) is 5.02 Å². The molecule has 6 nitrogen and oxygen atoms in total. The van der Waals surface area contributed by atoms with Crippen molar-refractivity contribution in [2.75, 3.05) is 0 Å². The lowest BCUT2D eigenvalue weighted by atomic mass is 10.1.